The van der Waals surface area contributed by atoms with Crippen molar-refractivity contribution in [3.8, 4) is 0 Å². The van der Waals surface area contributed by atoms with Crippen LogP contribution >= 0.6 is 22.9 Å². The smallest absolute Gasteiger partial charge is 0.320 e. The molecule has 2 heterocycles. The molecule has 0 bridgehead atoms. The van der Waals surface area contributed by atoms with Gasteiger partial charge in [0.2, 0.25) is 5.91 Å². The van der Waals surface area contributed by atoms with Crippen LogP contribution in [0.5, 0.6) is 0 Å². The van der Waals surface area contributed by atoms with E-state index in [2.05, 4.69) is 11.4 Å². The molecular formula is C21H26ClN3O2S. The van der Waals surface area contributed by atoms with Gasteiger partial charge >= 0.3 is 6.03 Å². The highest BCUT2D eigenvalue weighted by Crippen LogP contribution is 2.38. The molecule has 0 saturated carbocycles. The zero-order valence-corrected chi connectivity index (χ0v) is 18.3. The van der Waals surface area contributed by atoms with Crippen molar-refractivity contribution >= 4 is 34.9 Å². The predicted octanol–water partition coefficient (Wildman–Crippen LogP) is 4.27. The molecule has 0 unspecified atom stereocenters. The molecule has 150 valence electrons. The Kier molecular flexibility index (Phi) is 6.30. The summed E-state index contributed by atoms with van der Waals surface area (Å²) < 4.78 is 0. The van der Waals surface area contributed by atoms with Gasteiger partial charge in [0.15, 0.2) is 0 Å². The van der Waals surface area contributed by atoms with Crippen molar-refractivity contribution < 1.29 is 9.59 Å². The number of carbonyl (C=O) groups excluding carboxylic acids is 2. The quantitative estimate of drug-likeness (QED) is 0.742. The van der Waals surface area contributed by atoms with Crippen molar-refractivity contribution in [3.05, 3.63) is 56.7 Å². The summed E-state index contributed by atoms with van der Waals surface area (Å²) in [6, 6.07) is 9.41. The van der Waals surface area contributed by atoms with E-state index in [0.29, 0.717) is 11.6 Å². The molecule has 3 amide bonds. The van der Waals surface area contributed by atoms with Gasteiger partial charge in [0, 0.05) is 36.6 Å². The third-order valence-electron chi connectivity index (χ3n) is 5.03. The molecule has 1 aliphatic rings. The number of thiophene rings is 1. The summed E-state index contributed by atoms with van der Waals surface area (Å²) in [5, 5.41) is 2.75. The lowest BCUT2D eigenvalue weighted by Gasteiger charge is -2.38. The number of benzene rings is 1. The Morgan fingerprint density at radius 1 is 1.21 bits per heavy atom. The highest BCUT2D eigenvalue weighted by molar-refractivity contribution is 7.10. The van der Waals surface area contributed by atoms with Crippen molar-refractivity contribution in [3.63, 3.8) is 0 Å². The Hall–Kier alpha value is -2.05. The zero-order chi connectivity index (χ0) is 20.4. The number of halogens is 1. The monoisotopic (exact) mass is 419 g/mol. The summed E-state index contributed by atoms with van der Waals surface area (Å²) in [5.74, 6) is -0.0410. The van der Waals surface area contributed by atoms with Gasteiger partial charge in [-0.05, 0) is 55.0 Å². The number of fused-ring (bicyclic) bond motifs is 1. The molecule has 0 fully saturated rings. The second-order valence-electron chi connectivity index (χ2n) is 7.49. The Balaban J connectivity index is 1.91. The van der Waals surface area contributed by atoms with Crippen LogP contribution < -0.4 is 0 Å². The molecule has 0 aliphatic carbocycles. The number of hydrogen-bond acceptors (Lipinski definition) is 3. The van der Waals surface area contributed by atoms with Crippen molar-refractivity contribution in [2.75, 3.05) is 27.2 Å². The number of rotatable bonds is 4. The van der Waals surface area contributed by atoms with Gasteiger partial charge in [0.25, 0.3) is 0 Å². The number of amides is 3. The van der Waals surface area contributed by atoms with Gasteiger partial charge in [0.1, 0.15) is 6.54 Å². The normalized spacial score (nSPS) is 16.1. The maximum Gasteiger partial charge on any atom is 0.320 e. The number of carbonyl (C=O) groups is 2. The number of nitrogens with zero attached hydrogens (tertiary/aromatic N) is 3. The van der Waals surface area contributed by atoms with Crippen LogP contribution in [0.25, 0.3) is 0 Å². The van der Waals surface area contributed by atoms with Gasteiger partial charge in [-0.25, -0.2) is 4.79 Å². The second kappa shape index (κ2) is 8.53. The van der Waals surface area contributed by atoms with E-state index in [1.807, 2.05) is 43.0 Å². The topological polar surface area (TPSA) is 43.9 Å². The van der Waals surface area contributed by atoms with Crippen LogP contribution in [-0.2, 0) is 11.2 Å². The molecule has 3 rings (SSSR count). The number of urea groups is 1. The third kappa shape index (κ3) is 4.18. The summed E-state index contributed by atoms with van der Waals surface area (Å²) in [6.45, 7) is 4.57. The predicted molar refractivity (Wildman–Crippen MR) is 114 cm³/mol. The van der Waals surface area contributed by atoms with Gasteiger partial charge in [-0.1, -0.05) is 23.7 Å². The van der Waals surface area contributed by atoms with Crippen LogP contribution in [-0.4, -0.2) is 59.9 Å². The first kappa shape index (κ1) is 20.7. The van der Waals surface area contributed by atoms with E-state index < -0.39 is 0 Å². The summed E-state index contributed by atoms with van der Waals surface area (Å²) >= 11 is 7.80. The maximum atomic E-state index is 13.3. The lowest BCUT2D eigenvalue weighted by molar-refractivity contribution is -0.134. The molecule has 1 aromatic heterocycles. The molecule has 5 nitrogen and oxygen atoms in total. The minimum absolute atomic E-state index is 0.0410. The summed E-state index contributed by atoms with van der Waals surface area (Å²) in [5.41, 5.74) is 2.20. The molecule has 28 heavy (non-hydrogen) atoms. The van der Waals surface area contributed by atoms with Crippen LogP contribution in [0, 0.1) is 0 Å². The van der Waals surface area contributed by atoms with E-state index in [9.17, 15) is 9.59 Å². The molecule has 0 saturated heterocycles. The van der Waals surface area contributed by atoms with Gasteiger partial charge in [0.05, 0.1) is 6.04 Å². The highest BCUT2D eigenvalue weighted by Gasteiger charge is 2.34. The first-order valence-corrected chi connectivity index (χ1v) is 10.6. The van der Waals surface area contributed by atoms with E-state index in [1.165, 1.54) is 15.3 Å². The molecule has 2 aromatic rings. The molecular weight excluding hydrogens is 394 g/mol. The minimum atomic E-state index is -0.153. The van der Waals surface area contributed by atoms with Crippen LogP contribution in [0.3, 0.4) is 0 Å². The Labute approximate surface area is 175 Å². The summed E-state index contributed by atoms with van der Waals surface area (Å²) in [6.07, 6.45) is 0.839. The standard InChI is InChI=1S/C21H26ClN3O2S/c1-14(2)25(21(27)23(3)4)13-19(26)24-11-9-18-17(10-12-28-18)20(24)15-5-7-16(22)8-6-15/h5-8,10,12,14,20H,9,11,13H2,1-4H3/t20-/m0/s1. The molecule has 1 aliphatic heterocycles. The van der Waals surface area contributed by atoms with Gasteiger partial charge in [-0.2, -0.15) is 0 Å². The Morgan fingerprint density at radius 2 is 1.89 bits per heavy atom. The molecule has 0 radical (unpaired) electrons. The van der Waals surface area contributed by atoms with Crippen molar-refractivity contribution in [1.29, 1.82) is 0 Å². The minimum Gasteiger partial charge on any atom is -0.331 e. The molecule has 0 N–H and O–H groups in total. The first-order chi connectivity index (χ1) is 13.3. The van der Waals surface area contributed by atoms with Gasteiger partial charge < -0.3 is 14.7 Å². The van der Waals surface area contributed by atoms with Crippen LogP contribution in [0.1, 0.15) is 35.9 Å². The first-order valence-electron chi connectivity index (χ1n) is 9.38. The average molecular weight is 420 g/mol. The van der Waals surface area contributed by atoms with E-state index >= 15 is 0 Å². The van der Waals surface area contributed by atoms with E-state index in [1.54, 1.807) is 30.3 Å². The van der Waals surface area contributed by atoms with Crippen LogP contribution in [0.4, 0.5) is 4.79 Å². The molecule has 7 heteroatoms. The van der Waals surface area contributed by atoms with Gasteiger partial charge in [-0.15, -0.1) is 11.3 Å². The fraction of sp³-hybridized carbons (Fsp3) is 0.429. The van der Waals surface area contributed by atoms with E-state index in [4.69, 9.17) is 11.6 Å². The van der Waals surface area contributed by atoms with Gasteiger partial charge in [-0.3, -0.25) is 4.79 Å². The largest absolute Gasteiger partial charge is 0.331 e. The van der Waals surface area contributed by atoms with E-state index in [0.717, 1.165) is 12.0 Å². The SMILES string of the molecule is CC(C)N(CC(=O)N1CCc2sccc2[C@@H]1c1ccc(Cl)cc1)C(=O)N(C)C. The Bertz CT molecular complexity index is 848. The highest BCUT2D eigenvalue weighted by atomic mass is 35.5. The zero-order valence-electron chi connectivity index (χ0n) is 16.7. The second-order valence-corrected chi connectivity index (χ2v) is 8.93. The lowest BCUT2D eigenvalue weighted by atomic mass is 9.93. The fourth-order valence-electron chi connectivity index (χ4n) is 3.55. The Morgan fingerprint density at radius 3 is 2.50 bits per heavy atom. The lowest BCUT2D eigenvalue weighted by Crippen LogP contribution is -2.51. The summed E-state index contributed by atoms with van der Waals surface area (Å²) in [4.78, 5) is 32.2. The van der Waals surface area contributed by atoms with Crippen molar-refractivity contribution in [1.82, 2.24) is 14.7 Å². The average Bonchev–Trinajstić information content (AvgIpc) is 3.13. The van der Waals surface area contributed by atoms with Crippen molar-refractivity contribution in [2.45, 2.75) is 32.4 Å². The number of hydrogen-bond donors (Lipinski definition) is 0. The third-order valence-corrected chi connectivity index (χ3v) is 6.28. The molecule has 1 atom stereocenters. The summed E-state index contributed by atoms with van der Waals surface area (Å²) in [7, 11) is 3.41. The van der Waals surface area contributed by atoms with Crippen LogP contribution in [0.2, 0.25) is 5.02 Å². The van der Waals surface area contributed by atoms with Crippen molar-refractivity contribution in [2.24, 2.45) is 0 Å². The fourth-order valence-corrected chi connectivity index (χ4v) is 4.58. The van der Waals surface area contributed by atoms with E-state index in [-0.39, 0.29) is 30.6 Å². The maximum absolute atomic E-state index is 13.3. The van der Waals surface area contributed by atoms with Crippen LogP contribution in [0.15, 0.2) is 35.7 Å². The molecule has 1 aromatic carbocycles. The molecule has 0 spiro atoms.